The molecular formula is C20H31N3O2. The molecule has 1 aliphatic carbocycles. The summed E-state index contributed by atoms with van der Waals surface area (Å²) in [4.78, 5) is 26.8. The number of amides is 2. The zero-order valence-corrected chi connectivity index (χ0v) is 15.4. The van der Waals surface area contributed by atoms with Gasteiger partial charge in [-0.25, -0.2) is 0 Å². The quantitative estimate of drug-likeness (QED) is 0.797. The molecule has 0 aliphatic heterocycles. The number of nitrogens with zero attached hydrogens (tertiary/aromatic N) is 1. The van der Waals surface area contributed by atoms with Crippen molar-refractivity contribution < 1.29 is 9.59 Å². The highest BCUT2D eigenvalue weighted by molar-refractivity contribution is 5.87. The molecule has 0 saturated heterocycles. The van der Waals surface area contributed by atoms with Crippen LogP contribution in [0.2, 0.25) is 0 Å². The molecule has 2 amide bonds. The molecule has 1 aromatic rings. The lowest BCUT2D eigenvalue weighted by molar-refractivity contribution is -0.136. The molecule has 1 saturated carbocycles. The first kappa shape index (κ1) is 19.4. The van der Waals surface area contributed by atoms with Gasteiger partial charge in [-0.3, -0.25) is 9.59 Å². The summed E-state index contributed by atoms with van der Waals surface area (Å²) in [5.41, 5.74) is 6.97. The van der Waals surface area contributed by atoms with Crippen molar-refractivity contribution in [3.8, 4) is 0 Å². The Hall–Kier alpha value is -1.88. The molecule has 0 bridgehead atoms. The fourth-order valence-electron chi connectivity index (χ4n) is 3.28. The van der Waals surface area contributed by atoms with Crippen LogP contribution in [-0.4, -0.2) is 35.3 Å². The maximum atomic E-state index is 12.8. The van der Waals surface area contributed by atoms with Crippen LogP contribution in [0.4, 0.5) is 0 Å². The van der Waals surface area contributed by atoms with Crippen molar-refractivity contribution in [2.45, 2.75) is 64.6 Å². The molecule has 1 fully saturated rings. The van der Waals surface area contributed by atoms with E-state index in [-0.39, 0.29) is 30.3 Å². The van der Waals surface area contributed by atoms with Gasteiger partial charge in [-0.05, 0) is 24.3 Å². The molecule has 2 rings (SSSR count). The fourth-order valence-corrected chi connectivity index (χ4v) is 3.28. The molecular weight excluding hydrogens is 314 g/mol. The number of carbonyl (C=O) groups is 2. The lowest BCUT2D eigenvalue weighted by Gasteiger charge is -2.34. The monoisotopic (exact) mass is 345 g/mol. The molecule has 1 aromatic carbocycles. The molecule has 5 nitrogen and oxygen atoms in total. The fraction of sp³-hybridized carbons (Fsp3) is 0.600. The Morgan fingerprint density at radius 3 is 2.40 bits per heavy atom. The molecule has 1 atom stereocenters. The molecule has 0 aromatic heterocycles. The van der Waals surface area contributed by atoms with Crippen molar-refractivity contribution in [3.63, 3.8) is 0 Å². The third kappa shape index (κ3) is 5.85. The van der Waals surface area contributed by atoms with Crippen molar-refractivity contribution in [3.05, 3.63) is 35.9 Å². The van der Waals surface area contributed by atoms with Gasteiger partial charge in [0.1, 0.15) is 0 Å². The molecule has 0 radical (unpaired) electrons. The van der Waals surface area contributed by atoms with E-state index in [1.54, 1.807) is 0 Å². The third-order valence-electron chi connectivity index (χ3n) is 4.97. The van der Waals surface area contributed by atoms with Crippen LogP contribution >= 0.6 is 0 Å². The van der Waals surface area contributed by atoms with Crippen LogP contribution in [0.1, 0.15) is 51.5 Å². The van der Waals surface area contributed by atoms with Crippen molar-refractivity contribution in [2.75, 3.05) is 6.54 Å². The van der Waals surface area contributed by atoms with Crippen molar-refractivity contribution in [1.82, 2.24) is 10.2 Å². The van der Waals surface area contributed by atoms with Crippen LogP contribution in [-0.2, 0) is 16.1 Å². The minimum atomic E-state index is -0.579. The number of rotatable bonds is 7. The van der Waals surface area contributed by atoms with Gasteiger partial charge < -0.3 is 16.0 Å². The van der Waals surface area contributed by atoms with E-state index in [2.05, 4.69) is 5.32 Å². The van der Waals surface area contributed by atoms with E-state index in [0.29, 0.717) is 6.54 Å². The van der Waals surface area contributed by atoms with Crippen LogP contribution < -0.4 is 11.1 Å². The number of nitrogens with two attached hydrogens (primary N) is 1. The Bertz CT molecular complexity index is 553. The van der Waals surface area contributed by atoms with Crippen LogP contribution in [0, 0.1) is 5.92 Å². The first-order valence-corrected chi connectivity index (χ1v) is 9.35. The second-order valence-electron chi connectivity index (χ2n) is 7.29. The normalized spacial score (nSPS) is 16.5. The van der Waals surface area contributed by atoms with Crippen LogP contribution in [0.5, 0.6) is 0 Å². The largest absolute Gasteiger partial charge is 0.346 e. The number of benzene rings is 1. The maximum Gasteiger partial charge on any atom is 0.242 e. The molecule has 0 heterocycles. The zero-order valence-electron chi connectivity index (χ0n) is 15.4. The second kappa shape index (κ2) is 9.56. The second-order valence-corrected chi connectivity index (χ2v) is 7.29. The van der Waals surface area contributed by atoms with Crippen LogP contribution in [0.25, 0.3) is 0 Å². The molecule has 25 heavy (non-hydrogen) atoms. The summed E-state index contributed by atoms with van der Waals surface area (Å²) in [6.07, 6.45) is 5.64. The Morgan fingerprint density at radius 2 is 1.80 bits per heavy atom. The van der Waals surface area contributed by atoms with Gasteiger partial charge in [0.2, 0.25) is 11.8 Å². The Labute approximate surface area is 151 Å². The lowest BCUT2D eigenvalue weighted by atomic mass is 9.93. The summed E-state index contributed by atoms with van der Waals surface area (Å²) in [6.45, 7) is 4.41. The maximum absolute atomic E-state index is 12.8. The number of nitrogens with one attached hydrogen (secondary N) is 1. The van der Waals surface area contributed by atoms with E-state index in [9.17, 15) is 9.59 Å². The van der Waals surface area contributed by atoms with E-state index >= 15 is 0 Å². The highest BCUT2D eigenvalue weighted by Gasteiger charge is 2.26. The Balaban J connectivity index is 2.00. The number of hydrogen-bond donors (Lipinski definition) is 2. The first-order valence-electron chi connectivity index (χ1n) is 9.35. The minimum Gasteiger partial charge on any atom is -0.346 e. The van der Waals surface area contributed by atoms with Gasteiger partial charge >= 0.3 is 0 Å². The van der Waals surface area contributed by atoms with Gasteiger partial charge in [0.25, 0.3) is 0 Å². The average Bonchev–Trinajstić information content (AvgIpc) is 2.64. The average molecular weight is 345 g/mol. The Kier molecular flexibility index (Phi) is 7.44. The summed E-state index contributed by atoms with van der Waals surface area (Å²) in [7, 11) is 0. The van der Waals surface area contributed by atoms with Gasteiger partial charge in [-0.2, -0.15) is 0 Å². The molecule has 0 unspecified atom stereocenters. The number of hydrogen-bond acceptors (Lipinski definition) is 3. The number of carbonyl (C=O) groups excluding carboxylic acids is 2. The molecule has 1 aliphatic rings. The summed E-state index contributed by atoms with van der Waals surface area (Å²) < 4.78 is 0. The van der Waals surface area contributed by atoms with Gasteiger partial charge in [0, 0.05) is 12.6 Å². The predicted molar refractivity (Wildman–Crippen MR) is 99.7 cm³/mol. The molecule has 3 N–H and O–H groups in total. The van der Waals surface area contributed by atoms with Crippen molar-refractivity contribution in [1.29, 1.82) is 0 Å². The van der Waals surface area contributed by atoms with Gasteiger partial charge in [-0.15, -0.1) is 0 Å². The van der Waals surface area contributed by atoms with Crippen LogP contribution in [0.3, 0.4) is 0 Å². The third-order valence-corrected chi connectivity index (χ3v) is 4.97. The topological polar surface area (TPSA) is 75.4 Å². The van der Waals surface area contributed by atoms with Gasteiger partial charge in [0.15, 0.2) is 0 Å². The molecule has 0 spiro atoms. The summed E-state index contributed by atoms with van der Waals surface area (Å²) in [5.74, 6) is -0.236. The van der Waals surface area contributed by atoms with E-state index in [1.165, 1.54) is 6.42 Å². The van der Waals surface area contributed by atoms with E-state index < -0.39 is 6.04 Å². The first-order chi connectivity index (χ1) is 12.0. The minimum absolute atomic E-state index is 0.0165. The summed E-state index contributed by atoms with van der Waals surface area (Å²) in [6, 6.07) is 9.71. The standard InChI is InChI=1S/C20H31N3O2/c1-15(2)19(21)20(25)22-13-18(24)23(17-11-7-4-8-12-17)14-16-9-5-3-6-10-16/h3,5-6,9-10,15,17,19H,4,7-8,11-14,21H2,1-2H3,(H,22,25)/t19-/m0/s1. The highest BCUT2D eigenvalue weighted by atomic mass is 16.2. The predicted octanol–water partition coefficient (Wildman–Crippen LogP) is 2.45. The van der Waals surface area contributed by atoms with Gasteiger partial charge in [0.05, 0.1) is 12.6 Å². The van der Waals surface area contributed by atoms with E-state index in [1.807, 2.05) is 49.1 Å². The van der Waals surface area contributed by atoms with E-state index in [0.717, 1.165) is 31.2 Å². The zero-order chi connectivity index (χ0) is 18.2. The molecule has 5 heteroatoms. The SMILES string of the molecule is CC(C)[C@H](N)C(=O)NCC(=O)N(Cc1ccccc1)C1CCCCC1. The Morgan fingerprint density at radius 1 is 1.16 bits per heavy atom. The highest BCUT2D eigenvalue weighted by Crippen LogP contribution is 2.24. The van der Waals surface area contributed by atoms with Crippen molar-refractivity contribution in [2.24, 2.45) is 11.7 Å². The van der Waals surface area contributed by atoms with Crippen molar-refractivity contribution >= 4 is 11.8 Å². The smallest absolute Gasteiger partial charge is 0.242 e. The van der Waals surface area contributed by atoms with Crippen LogP contribution in [0.15, 0.2) is 30.3 Å². The van der Waals surface area contributed by atoms with E-state index in [4.69, 9.17) is 5.73 Å². The lowest BCUT2D eigenvalue weighted by Crippen LogP contribution is -2.50. The summed E-state index contributed by atoms with van der Waals surface area (Å²) in [5, 5.41) is 2.71. The van der Waals surface area contributed by atoms with Gasteiger partial charge in [-0.1, -0.05) is 63.4 Å². The molecule has 138 valence electrons. The summed E-state index contributed by atoms with van der Waals surface area (Å²) >= 11 is 0.